The summed E-state index contributed by atoms with van der Waals surface area (Å²) in [5.74, 6) is 0.782. The molecule has 2 aliphatic rings. The lowest BCUT2D eigenvalue weighted by molar-refractivity contribution is -0.141. The van der Waals surface area contributed by atoms with Crippen molar-refractivity contribution in [2.24, 2.45) is 5.92 Å². The minimum Gasteiger partial charge on any atom is -0.381 e. The average molecular weight is 453 g/mol. The van der Waals surface area contributed by atoms with Gasteiger partial charge < -0.3 is 14.0 Å². The molecule has 7 heteroatoms. The predicted molar refractivity (Wildman–Crippen MR) is 124 cm³/mol. The van der Waals surface area contributed by atoms with Gasteiger partial charge in [-0.25, -0.2) is 4.98 Å². The quantitative estimate of drug-likeness (QED) is 0.592. The summed E-state index contributed by atoms with van der Waals surface area (Å²) in [7, 11) is 0. The van der Waals surface area contributed by atoms with Crippen LogP contribution in [0.4, 0.5) is 0 Å². The van der Waals surface area contributed by atoms with Crippen LogP contribution in [0.25, 0.3) is 5.65 Å². The summed E-state index contributed by atoms with van der Waals surface area (Å²) >= 11 is 6.12. The Kier molecular flexibility index (Phi) is 6.15. The van der Waals surface area contributed by atoms with Crippen molar-refractivity contribution < 1.29 is 9.53 Å². The third-order valence-corrected chi connectivity index (χ3v) is 7.37. The number of halogens is 1. The van der Waals surface area contributed by atoms with Crippen LogP contribution >= 0.6 is 11.6 Å². The van der Waals surface area contributed by atoms with Crippen molar-refractivity contribution in [2.75, 3.05) is 26.3 Å². The van der Waals surface area contributed by atoms with Crippen molar-refractivity contribution in [1.29, 1.82) is 0 Å². The van der Waals surface area contributed by atoms with E-state index >= 15 is 0 Å². The number of hydrogen-bond acceptors (Lipinski definition) is 4. The lowest BCUT2D eigenvalue weighted by atomic mass is 9.73. The number of fused-ring (bicyclic) bond motifs is 1. The Hall–Kier alpha value is -2.44. The smallest absolute Gasteiger partial charge is 0.233 e. The third kappa shape index (κ3) is 4.26. The first-order chi connectivity index (χ1) is 15.6. The van der Waals surface area contributed by atoms with Crippen LogP contribution in [0.15, 0.2) is 49.1 Å². The SMILES string of the molecule is O=C(N1CCCC(Cc2cn3ccnc3cn2)CC1)C1(c2ccc(Cl)cc2)CCOCC1. The number of carbonyl (C=O) groups excluding carboxylic acids is 1. The molecular formula is C25H29ClN4O2. The molecule has 0 N–H and O–H groups in total. The lowest BCUT2D eigenvalue weighted by Crippen LogP contribution is -2.50. The number of nitrogens with zero attached hydrogens (tertiary/aromatic N) is 4. The first kappa shape index (κ1) is 21.4. The Balaban J connectivity index is 1.30. The number of benzene rings is 1. The molecule has 0 bridgehead atoms. The topological polar surface area (TPSA) is 59.7 Å². The Labute approximate surface area is 193 Å². The molecule has 5 rings (SSSR count). The molecule has 1 unspecified atom stereocenters. The maximum absolute atomic E-state index is 13.9. The van der Waals surface area contributed by atoms with Gasteiger partial charge in [0.25, 0.3) is 0 Å². The molecule has 2 aromatic heterocycles. The van der Waals surface area contributed by atoms with Gasteiger partial charge in [0.2, 0.25) is 5.91 Å². The molecule has 0 saturated carbocycles. The Morgan fingerprint density at radius 1 is 1.12 bits per heavy atom. The third-order valence-electron chi connectivity index (χ3n) is 7.12. The molecular weight excluding hydrogens is 424 g/mol. The Morgan fingerprint density at radius 2 is 1.94 bits per heavy atom. The summed E-state index contributed by atoms with van der Waals surface area (Å²) in [4.78, 5) is 24.9. The monoisotopic (exact) mass is 452 g/mol. The summed E-state index contributed by atoms with van der Waals surface area (Å²) in [5.41, 5.74) is 2.52. The number of rotatable bonds is 4. The molecule has 4 heterocycles. The van der Waals surface area contributed by atoms with E-state index in [4.69, 9.17) is 16.3 Å². The molecule has 2 saturated heterocycles. The van der Waals surface area contributed by atoms with E-state index in [-0.39, 0.29) is 5.91 Å². The number of carbonyl (C=O) groups is 1. The molecule has 0 spiro atoms. The number of amides is 1. The van der Waals surface area contributed by atoms with Crippen molar-refractivity contribution in [3.63, 3.8) is 0 Å². The maximum atomic E-state index is 13.9. The molecule has 32 heavy (non-hydrogen) atoms. The van der Waals surface area contributed by atoms with Gasteiger partial charge in [0, 0.05) is 49.9 Å². The molecule has 1 amide bonds. The second kappa shape index (κ2) is 9.20. The van der Waals surface area contributed by atoms with Gasteiger partial charge in [-0.15, -0.1) is 0 Å². The number of likely N-dealkylation sites (tertiary alicyclic amines) is 1. The first-order valence-corrected chi connectivity index (χ1v) is 11.9. The van der Waals surface area contributed by atoms with E-state index in [0.29, 0.717) is 24.2 Å². The minimum absolute atomic E-state index is 0.252. The lowest BCUT2D eigenvalue weighted by Gasteiger charge is -2.40. The molecule has 3 aromatic rings. The molecule has 168 valence electrons. The van der Waals surface area contributed by atoms with E-state index in [9.17, 15) is 4.79 Å². The van der Waals surface area contributed by atoms with Crippen LogP contribution in [0.3, 0.4) is 0 Å². The van der Waals surface area contributed by atoms with Gasteiger partial charge >= 0.3 is 0 Å². The van der Waals surface area contributed by atoms with Gasteiger partial charge in [-0.05, 0) is 62.1 Å². The number of hydrogen-bond donors (Lipinski definition) is 0. The Bertz CT molecular complexity index is 1070. The van der Waals surface area contributed by atoms with Crippen molar-refractivity contribution >= 4 is 23.2 Å². The van der Waals surface area contributed by atoms with Crippen molar-refractivity contribution in [2.45, 2.75) is 43.9 Å². The van der Waals surface area contributed by atoms with E-state index in [1.165, 1.54) is 0 Å². The molecule has 1 aromatic carbocycles. The van der Waals surface area contributed by atoms with Crippen molar-refractivity contribution in [3.05, 3.63) is 65.3 Å². The highest BCUT2D eigenvalue weighted by Gasteiger charge is 2.44. The molecule has 2 fully saturated rings. The van der Waals surface area contributed by atoms with Crippen LogP contribution < -0.4 is 0 Å². The molecule has 1 atom stereocenters. The van der Waals surface area contributed by atoms with E-state index in [2.05, 4.69) is 21.1 Å². The zero-order chi connectivity index (χ0) is 22.0. The zero-order valence-electron chi connectivity index (χ0n) is 18.3. The van der Waals surface area contributed by atoms with Crippen LogP contribution in [0.5, 0.6) is 0 Å². The van der Waals surface area contributed by atoms with E-state index in [1.54, 1.807) is 6.20 Å². The fourth-order valence-electron chi connectivity index (χ4n) is 5.26. The van der Waals surface area contributed by atoms with E-state index in [1.807, 2.05) is 41.1 Å². The van der Waals surface area contributed by atoms with Crippen molar-refractivity contribution in [1.82, 2.24) is 19.3 Å². The standard InChI is InChI=1S/C25H29ClN4O2/c26-21-5-3-20(4-6-21)25(8-14-32-15-9-25)24(31)29-11-1-2-19(7-12-29)16-22-18-30-13-10-27-23(30)17-28-22/h3-6,10,13,17-19H,1-2,7-9,11-12,14-16H2. The Morgan fingerprint density at radius 3 is 2.75 bits per heavy atom. The molecule has 6 nitrogen and oxygen atoms in total. The van der Waals surface area contributed by atoms with Gasteiger partial charge in [-0.1, -0.05) is 23.7 Å². The molecule has 0 radical (unpaired) electrons. The highest BCUT2D eigenvalue weighted by molar-refractivity contribution is 6.30. The summed E-state index contributed by atoms with van der Waals surface area (Å²) < 4.78 is 7.65. The minimum atomic E-state index is -0.503. The highest BCUT2D eigenvalue weighted by atomic mass is 35.5. The van der Waals surface area contributed by atoms with Crippen LogP contribution in [-0.4, -0.2) is 51.5 Å². The van der Waals surface area contributed by atoms with E-state index in [0.717, 1.165) is 68.5 Å². The first-order valence-electron chi connectivity index (χ1n) is 11.5. The summed E-state index contributed by atoms with van der Waals surface area (Å²) in [5, 5.41) is 0.698. The maximum Gasteiger partial charge on any atom is 0.233 e. The fraction of sp³-hybridized carbons (Fsp3) is 0.480. The normalized spacial score (nSPS) is 21.4. The largest absolute Gasteiger partial charge is 0.381 e. The van der Waals surface area contributed by atoms with Crippen LogP contribution in [0.1, 0.15) is 43.4 Å². The number of imidazole rings is 1. The average Bonchev–Trinajstić information content (AvgIpc) is 3.17. The zero-order valence-corrected chi connectivity index (χ0v) is 19.0. The van der Waals surface area contributed by atoms with Crippen LogP contribution in [0, 0.1) is 5.92 Å². The van der Waals surface area contributed by atoms with Crippen LogP contribution in [0.2, 0.25) is 5.02 Å². The highest BCUT2D eigenvalue weighted by Crippen LogP contribution is 2.38. The van der Waals surface area contributed by atoms with Crippen molar-refractivity contribution in [3.8, 4) is 0 Å². The summed E-state index contributed by atoms with van der Waals surface area (Å²) in [6.07, 6.45) is 13.2. The molecule has 2 aliphatic heterocycles. The van der Waals surface area contributed by atoms with Crippen LogP contribution in [-0.2, 0) is 21.4 Å². The van der Waals surface area contributed by atoms with Gasteiger partial charge in [0.15, 0.2) is 5.65 Å². The number of ether oxygens (including phenoxy) is 1. The van der Waals surface area contributed by atoms with Gasteiger partial charge in [0.1, 0.15) is 0 Å². The van der Waals surface area contributed by atoms with E-state index < -0.39 is 5.41 Å². The second-order valence-electron chi connectivity index (χ2n) is 9.07. The number of aromatic nitrogens is 3. The summed E-state index contributed by atoms with van der Waals surface area (Å²) in [6.45, 7) is 2.85. The predicted octanol–water partition coefficient (Wildman–Crippen LogP) is 4.30. The molecule has 0 aliphatic carbocycles. The van der Waals surface area contributed by atoms with Gasteiger partial charge in [-0.3, -0.25) is 9.78 Å². The fourth-order valence-corrected chi connectivity index (χ4v) is 5.39. The second-order valence-corrected chi connectivity index (χ2v) is 9.50. The van der Waals surface area contributed by atoms with Gasteiger partial charge in [-0.2, -0.15) is 0 Å². The van der Waals surface area contributed by atoms with Gasteiger partial charge in [0.05, 0.1) is 17.3 Å². The summed E-state index contributed by atoms with van der Waals surface area (Å²) in [6, 6.07) is 7.82.